The quantitative estimate of drug-likeness (QED) is 0.0744. The van der Waals surface area contributed by atoms with Crippen molar-refractivity contribution in [2.45, 2.75) is 133 Å². The minimum absolute atomic E-state index is 0.201. The molecule has 8 nitrogen and oxygen atoms in total. The second kappa shape index (κ2) is 18.3. The lowest BCUT2D eigenvalue weighted by Crippen LogP contribution is -2.07. The summed E-state index contributed by atoms with van der Waals surface area (Å²) >= 11 is 1.61. The van der Waals surface area contributed by atoms with E-state index in [2.05, 4.69) is 11.9 Å². The van der Waals surface area contributed by atoms with Crippen LogP contribution in [0.4, 0.5) is 0 Å². The molecule has 0 aliphatic heterocycles. The summed E-state index contributed by atoms with van der Waals surface area (Å²) in [5, 5.41) is 0.745. The SMILES string of the molecule is CCCCCCCCCCCCCCCCCSc1nc2ccc(S(=O)(=O)O)cc2n1CCCCS(=O)(=O)O. The zero-order valence-corrected chi connectivity index (χ0v) is 26.0. The maximum Gasteiger partial charge on any atom is 0.294 e. The van der Waals surface area contributed by atoms with Gasteiger partial charge in [0.25, 0.3) is 20.2 Å². The molecule has 0 aliphatic rings. The highest BCUT2D eigenvalue weighted by Gasteiger charge is 2.16. The summed E-state index contributed by atoms with van der Waals surface area (Å²) in [7, 11) is -8.38. The summed E-state index contributed by atoms with van der Waals surface area (Å²) < 4.78 is 65.7. The molecule has 0 fully saturated rings. The molecule has 0 radical (unpaired) electrons. The Hall–Kier alpha value is -1.14. The number of aryl methyl sites for hydroxylation is 1. The number of thioether (sulfide) groups is 1. The number of hydrogen-bond donors (Lipinski definition) is 2. The second-order valence-electron chi connectivity index (χ2n) is 10.5. The zero-order valence-electron chi connectivity index (χ0n) is 23.5. The van der Waals surface area contributed by atoms with Crippen LogP contribution in [-0.4, -0.2) is 47.0 Å². The van der Waals surface area contributed by atoms with Crippen molar-refractivity contribution in [3.05, 3.63) is 18.2 Å². The lowest BCUT2D eigenvalue weighted by Gasteiger charge is -2.09. The molecule has 2 N–H and O–H groups in total. The lowest BCUT2D eigenvalue weighted by atomic mass is 10.0. The van der Waals surface area contributed by atoms with Crippen LogP contribution >= 0.6 is 11.8 Å². The maximum atomic E-state index is 11.6. The average Bonchev–Trinajstić information content (AvgIpc) is 3.21. The summed E-state index contributed by atoms with van der Waals surface area (Å²) in [4.78, 5) is 4.45. The Balaban J connectivity index is 1.71. The number of hydrogen-bond acceptors (Lipinski definition) is 6. The van der Waals surface area contributed by atoms with Crippen LogP contribution in [0.25, 0.3) is 11.0 Å². The van der Waals surface area contributed by atoms with Crippen molar-refractivity contribution in [3.8, 4) is 0 Å². The van der Waals surface area contributed by atoms with E-state index in [0.29, 0.717) is 24.0 Å². The minimum atomic E-state index is -4.35. The van der Waals surface area contributed by atoms with Gasteiger partial charge in [0.1, 0.15) is 0 Å². The molecule has 0 saturated heterocycles. The van der Waals surface area contributed by atoms with E-state index >= 15 is 0 Å². The third-order valence-electron chi connectivity index (χ3n) is 7.00. The Bertz CT molecular complexity index is 1180. The summed E-state index contributed by atoms with van der Waals surface area (Å²) in [5.74, 6) is 0.565. The Kier molecular flexibility index (Phi) is 16.0. The van der Waals surface area contributed by atoms with Crippen molar-refractivity contribution in [1.29, 1.82) is 0 Å². The smallest absolute Gasteiger partial charge is 0.294 e. The van der Waals surface area contributed by atoms with Gasteiger partial charge in [0.15, 0.2) is 5.16 Å². The van der Waals surface area contributed by atoms with E-state index in [0.717, 1.165) is 23.8 Å². The third-order valence-corrected chi connectivity index (χ3v) is 9.71. The first-order valence-electron chi connectivity index (χ1n) is 14.7. The summed E-state index contributed by atoms with van der Waals surface area (Å²) in [6.45, 7) is 2.69. The Morgan fingerprint density at radius 1 is 0.744 bits per heavy atom. The highest BCUT2D eigenvalue weighted by Crippen LogP contribution is 2.28. The molecule has 0 bridgehead atoms. The summed E-state index contributed by atoms with van der Waals surface area (Å²) in [6, 6.07) is 4.30. The van der Waals surface area contributed by atoms with Crippen LogP contribution in [0, 0.1) is 0 Å². The Labute approximate surface area is 240 Å². The van der Waals surface area contributed by atoms with Gasteiger partial charge in [-0.1, -0.05) is 109 Å². The van der Waals surface area contributed by atoms with Crippen molar-refractivity contribution in [1.82, 2.24) is 9.55 Å². The molecule has 11 heteroatoms. The van der Waals surface area contributed by atoms with Gasteiger partial charge in [-0.3, -0.25) is 9.11 Å². The Morgan fingerprint density at radius 2 is 1.28 bits per heavy atom. The molecular weight excluding hydrogens is 557 g/mol. The van der Waals surface area contributed by atoms with Crippen LogP contribution in [-0.2, 0) is 26.8 Å². The molecule has 224 valence electrons. The summed E-state index contributed by atoms with van der Waals surface area (Å²) in [6.07, 6.45) is 20.5. The van der Waals surface area contributed by atoms with Crippen LogP contribution in [0.2, 0.25) is 0 Å². The van der Waals surface area contributed by atoms with Gasteiger partial charge in [0.05, 0.1) is 21.7 Å². The molecule has 2 aromatic rings. The van der Waals surface area contributed by atoms with Crippen LogP contribution in [0.15, 0.2) is 28.3 Å². The fraction of sp³-hybridized carbons (Fsp3) is 0.750. The van der Waals surface area contributed by atoms with Crippen molar-refractivity contribution < 1.29 is 25.9 Å². The number of unbranched alkanes of at least 4 members (excludes halogenated alkanes) is 15. The van der Waals surface area contributed by atoms with Crippen LogP contribution in [0.5, 0.6) is 0 Å². The first-order valence-corrected chi connectivity index (χ1v) is 18.7. The van der Waals surface area contributed by atoms with E-state index in [1.54, 1.807) is 17.8 Å². The third kappa shape index (κ3) is 14.4. The zero-order chi connectivity index (χ0) is 28.6. The topological polar surface area (TPSA) is 127 Å². The van der Waals surface area contributed by atoms with Crippen LogP contribution in [0.3, 0.4) is 0 Å². The second-order valence-corrected chi connectivity index (χ2v) is 14.5. The molecule has 39 heavy (non-hydrogen) atoms. The maximum absolute atomic E-state index is 11.6. The van der Waals surface area contributed by atoms with Gasteiger partial charge >= 0.3 is 0 Å². The molecule has 1 heterocycles. The van der Waals surface area contributed by atoms with Crippen molar-refractivity contribution in [2.24, 2.45) is 0 Å². The molecule has 2 rings (SSSR count). The van der Waals surface area contributed by atoms with Crippen molar-refractivity contribution >= 4 is 43.0 Å². The van der Waals surface area contributed by atoms with E-state index in [4.69, 9.17) is 4.55 Å². The average molecular weight is 605 g/mol. The van der Waals surface area contributed by atoms with E-state index in [1.165, 1.54) is 95.6 Å². The monoisotopic (exact) mass is 604 g/mol. The van der Waals surface area contributed by atoms with E-state index < -0.39 is 20.2 Å². The van der Waals surface area contributed by atoms with Gasteiger partial charge in [0.2, 0.25) is 0 Å². The van der Waals surface area contributed by atoms with Crippen molar-refractivity contribution in [3.63, 3.8) is 0 Å². The van der Waals surface area contributed by atoms with Gasteiger partial charge < -0.3 is 4.57 Å². The normalized spacial score (nSPS) is 12.5. The largest absolute Gasteiger partial charge is 0.319 e. The van der Waals surface area contributed by atoms with Gasteiger partial charge in [-0.2, -0.15) is 16.8 Å². The Morgan fingerprint density at radius 3 is 1.79 bits per heavy atom. The number of aromatic nitrogens is 2. The first kappa shape index (κ1) is 34.1. The minimum Gasteiger partial charge on any atom is -0.319 e. The predicted octanol–water partition coefficient (Wildman–Crippen LogP) is 7.91. The van der Waals surface area contributed by atoms with Crippen LogP contribution < -0.4 is 0 Å². The molecule has 0 unspecified atom stereocenters. The van der Waals surface area contributed by atoms with Crippen LogP contribution in [0.1, 0.15) is 116 Å². The molecule has 0 amide bonds. The standard InChI is InChI=1S/C28H48N2O6S3/c1-2-3-4-5-6-7-8-9-10-11-12-13-14-15-17-22-37-28-29-26-20-19-25(39(34,35)36)24-27(26)30(28)21-16-18-23-38(31,32)33/h19-20,24H,2-18,21-23H2,1H3,(H,31,32,33)(H,34,35,36). The van der Waals surface area contributed by atoms with Gasteiger partial charge in [0, 0.05) is 12.3 Å². The molecule has 1 aromatic carbocycles. The molecule has 0 aliphatic carbocycles. The van der Waals surface area contributed by atoms with Crippen molar-refractivity contribution in [2.75, 3.05) is 11.5 Å². The molecule has 0 spiro atoms. The fourth-order valence-electron chi connectivity index (χ4n) is 4.76. The number of nitrogens with zero attached hydrogens (tertiary/aromatic N) is 2. The first-order chi connectivity index (χ1) is 18.6. The highest BCUT2D eigenvalue weighted by atomic mass is 32.2. The number of benzene rings is 1. The number of rotatable bonds is 23. The molecule has 0 saturated carbocycles. The van der Waals surface area contributed by atoms with E-state index in [1.807, 2.05) is 4.57 Å². The lowest BCUT2D eigenvalue weighted by molar-refractivity contribution is 0.476. The van der Waals surface area contributed by atoms with Gasteiger partial charge in [-0.25, -0.2) is 4.98 Å². The molecule has 1 aromatic heterocycles. The van der Waals surface area contributed by atoms with E-state index in [9.17, 15) is 21.4 Å². The van der Waals surface area contributed by atoms with E-state index in [-0.39, 0.29) is 17.1 Å². The highest BCUT2D eigenvalue weighted by molar-refractivity contribution is 7.99. The summed E-state index contributed by atoms with van der Waals surface area (Å²) in [5.41, 5.74) is 1.20. The molecule has 0 atom stereocenters. The fourth-order valence-corrected chi connectivity index (χ4v) is 6.87. The number of imidazole rings is 1. The van der Waals surface area contributed by atoms with Gasteiger partial charge in [-0.15, -0.1) is 0 Å². The molecular formula is C28H48N2O6S3. The predicted molar refractivity (Wildman–Crippen MR) is 161 cm³/mol. The number of fused-ring (bicyclic) bond motifs is 1. The van der Waals surface area contributed by atoms with Gasteiger partial charge in [-0.05, 0) is 37.5 Å².